The van der Waals surface area contributed by atoms with Crippen molar-refractivity contribution in [1.29, 1.82) is 0 Å². The van der Waals surface area contributed by atoms with E-state index in [9.17, 15) is 14.7 Å². The van der Waals surface area contributed by atoms with Gasteiger partial charge >= 0.3 is 5.97 Å². The summed E-state index contributed by atoms with van der Waals surface area (Å²) in [6, 6.07) is 0.361. The topological polar surface area (TPSA) is 92.8 Å². The second kappa shape index (κ2) is 8.83. The average Bonchev–Trinajstić information content (AvgIpc) is 3.16. The molecule has 0 spiro atoms. The number of fused-ring (bicyclic) bond motifs is 1. The number of aromatic amines is 1. The van der Waals surface area contributed by atoms with Crippen molar-refractivity contribution in [2.24, 2.45) is 5.92 Å². The largest absolute Gasteiger partial charge is 0.481 e. The second-order valence-corrected chi connectivity index (χ2v) is 8.88. The van der Waals surface area contributed by atoms with Gasteiger partial charge in [0.1, 0.15) is 0 Å². The van der Waals surface area contributed by atoms with E-state index in [0.717, 1.165) is 76.1 Å². The van der Waals surface area contributed by atoms with Gasteiger partial charge in [-0.15, -0.1) is 0 Å². The molecule has 1 aromatic heterocycles. The SMILES string of the molecule is CN1CCN(C2CCN(C(=O)c3n[nH]c4c3CCCC4)CC2CCC(=O)O)CC1. The predicted octanol–water partition coefficient (Wildman–Crippen LogP) is 1.23. The number of nitrogens with one attached hydrogen (secondary N) is 1. The molecule has 29 heavy (non-hydrogen) atoms. The third kappa shape index (κ3) is 4.48. The maximum absolute atomic E-state index is 13.2. The zero-order valence-corrected chi connectivity index (χ0v) is 17.4. The molecular formula is C21H33N5O3. The van der Waals surface area contributed by atoms with Gasteiger partial charge in [-0.05, 0) is 51.5 Å². The number of hydrogen-bond donors (Lipinski definition) is 2. The Morgan fingerprint density at radius 1 is 1.14 bits per heavy atom. The summed E-state index contributed by atoms with van der Waals surface area (Å²) < 4.78 is 0. The number of rotatable bonds is 5. The molecule has 0 saturated carbocycles. The van der Waals surface area contributed by atoms with Gasteiger partial charge in [-0.25, -0.2) is 0 Å². The van der Waals surface area contributed by atoms with Crippen LogP contribution in [0.4, 0.5) is 0 Å². The molecular weight excluding hydrogens is 370 g/mol. The number of carbonyl (C=O) groups is 2. The quantitative estimate of drug-likeness (QED) is 0.768. The highest BCUT2D eigenvalue weighted by molar-refractivity contribution is 5.94. The van der Waals surface area contributed by atoms with E-state index in [1.807, 2.05) is 4.90 Å². The lowest BCUT2D eigenvalue weighted by atomic mass is 9.86. The Hall–Kier alpha value is -1.93. The number of carbonyl (C=O) groups excluding carboxylic acids is 1. The molecule has 0 aromatic carbocycles. The highest BCUT2D eigenvalue weighted by Gasteiger charge is 2.37. The molecule has 0 bridgehead atoms. The number of piperidine rings is 1. The van der Waals surface area contributed by atoms with Crippen LogP contribution in [0.5, 0.6) is 0 Å². The number of carboxylic acids is 1. The summed E-state index contributed by atoms with van der Waals surface area (Å²) in [4.78, 5) is 31.2. The molecule has 2 N–H and O–H groups in total. The summed E-state index contributed by atoms with van der Waals surface area (Å²) in [6.45, 7) is 5.48. The number of hydrogen-bond acceptors (Lipinski definition) is 5. The fraction of sp³-hybridized carbons (Fsp3) is 0.762. The van der Waals surface area contributed by atoms with Crippen LogP contribution in [-0.2, 0) is 17.6 Å². The van der Waals surface area contributed by atoms with Gasteiger partial charge in [-0.2, -0.15) is 5.10 Å². The van der Waals surface area contributed by atoms with Crippen molar-refractivity contribution in [3.8, 4) is 0 Å². The fourth-order valence-electron chi connectivity index (χ4n) is 5.24. The summed E-state index contributed by atoms with van der Waals surface area (Å²) in [6.07, 6.45) is 5.85. The number of likely N-dealkylation sites (tertiary alicyclic amines) is 1. The van der Waals surface area contributed by atoms with E-state index < -0.39 is 5.97 Å². The van der Waals surface area contributed by atoms with Crippen LogP contribution in [0, 0.1) is 5.92 Å². The fourth-order valence-corrected chi connectivity index (χ4v) is 5.24. The minimum atomic E-state index is -0.757. The first-order valence-electron chi connectivity index (χ1n) is 11.0. The first-order valence-corrected chi connectivity index (χ1v) is 11.0. The van der Waals surface area contributed by atoms with Crippen molar-refractivity contribution in [3.63, 3.8) is 0 Å². The number of likely N-dealkylation sites (N-methyl/N-ethyl adjacent to an activating group) is 1. The molecule has 1 aliphatic carbocycles. The molecule has 1 amide bonds. The van der Waals surface area contributed by atoms with E-state index in [4.69, 9.17) is 0 Å². The predicted molar refractivity (Wildman–Crippen MR) is 109 cm³/mol. The lowest BCUT2D eigenvalue weighted by molar-refractivity contribution is -0.137. The van der Waals surface area contributed by atoms with Crippen molar-refractivity contribution in [2.75, 3.05) is 46.3 Å². The lowest BCUT2D eigenvalue weighted by Crippen LogP contribution is -2.57. The number of aromatic nitrogens is 2. The third-order valence-corrected chi connectivity index (χ3v) is 6.98. The van der Waals surface area contributed by atoms with Crippen LogP contribution in [0.3, 0.4) is 0 Å². The molecule has 2 saturated heterocycles. The van der Waals surface area contributed by atoms with Crippen LogP contribution < -0.4 is 0 Å². The van der Waals surface area contributed by atoms with Gasteiger partial charge in [0.05, 0.1) is 0 Å². The van der Waals surface area contributed by atoms with Crippen molar-refractivity contribution >= 4 is 11.9 Å². The van der Waals surface area contributed by atoms with Gasteiger partial charge in [-0.3, -0.25) is 19.6 Å². The lowest BCUT2D eigenvalue weighted by Gasteiger charge is -2.46. The number of aryl methyl sites for hydroxylation is 1. The van der Waals surface area contributed by atoms with Gasteiger partial charge < -0.3 is 14.9 Å². The number of amides is 1. The van der Waals surface area contributed by atoms with Crippen LogP contribution >= 0.6 is 0 Å². The minimum Gasteiger partial charge on any atom is -0.481 e. The van der Waals surface area contributed by atoms with E-state index in [1.54, 1.807) is 0 Å². The molecule has 8 heteroatoms. The van der Waals surface area contributed by atoms with Crippen LogP contribution in [0.15, 0.2) is 0 Å². The molecule has 2 fully saturated rings. The summed E-state index contributed by atoms with van der Waals surface area (Å²) in [7, 11) is 2.14. The van der Waals surface area contributed by atoms with Crippen LogP contribution in [0.1, 0.15) is 53.8 Å². The molecule has 2 aliphatic heterocycles. The minimum absolute atomic E-state index is 0.0153. The second-order valence-electron chi connectivity index (χ2n) is 8.88. The van der Waals surface area contributed by atoms with Crippen LogP contribution in [0.25, 0.3) is 0 Å². The molecule has 160 valence electrons. The average molecular weight is 404 g/mol. The Morgan fingerprint density at radius 3 is 2.66 bits per heavy atom. The Balaban J connectivity index is 1.46. The Labute approximate surface area is 172 Å². The first kappa shape index (κ1) is 20.3. The standard InChI is InChI=1S/C21H33N5O3/c1-24-10-12-25(13-11-24)18-8-9-26(14-15(18)6-7-19(27)28)21(29)20-16-4-2-3-5-17(16)22-23-20/h15,18H,2-14H2,1H3,(H,22,23)(H,27,28). The highest BCUT2D eigenvalue weighted by atomic mass is 16.4. The van der Waals surface area contributed by atoms with Gasteiger partial charge in [-0.1, -0.05) is 0 Å². The maximum atomic E-state index is 13.2. The van der Waals surface area contributed by atoms with E-state index in [0.29, 0.717) is 24.7 Å². The maximum Gasteiger partial charge on any atom is 0.303 e. The number of carboxylic acid groups (broad SMARTS) is 1. The van der Waals surface area contributed by atoms with E-state index in [1.165, 1.54) is 0 Å². The molecule has 4 rings (SSSR count). The summed E-state index contributed by atoms with van der Waals surface area (Å²) >= 11 is 0. The third-order valence-electron chi connectivity index (χ3n) is 6.98. The highest BCUT2D eigenvalue weighted by Crippen LogP contribution is 2.29. The van der Waals surface area contributed by atoms with Crippen LogP contribution in [-0.4, -0.2) is 94.2 Å². The molecule has 2 atom stereocenters. The molecule has 3 aliphatic rings. The monoisotopic (exact) mass is 403 g/mol. The zero-order chi connectivity index (χ0) is 20.4. The number of piperazine rings is 1. The van der Waals surface area contributed by atoms with E-state index >= 15 is 0 Å². The Morgan fingerprint density at radius 2 is 1.90 bits per heavy atom. The van der Waals surface area contributed by atoms with Gasteiger partial charge in [0.2, 0.25) is 0 Å². The number of H-pyrrole nitrogens is 1. The summed E-state index contributed by atoms with van der Waals surface area (Å²) in [5, 5.41) is 16.7. The molecule has 0 radical (unpaired) electrons. The molecule has 8 nitrogen and oxygen atoms in total. The number of nitrogens with zero attached hydrogens (tertiary/aromatic N) is 4. The van der Waals surface area contributed by atoms with Gasteiger partial charge in [0, 0.05) is 63.0 Å². The van der Waals surface area contributed by atoms with Crippen molar-refractivity contribution in [1.82, 2.24) is 24.9 Å². The Bertz CT molecular complexity index is 741. The van der Waals surface area contributed by atoms with Crippen LogP contribution in [0.2, 0.25) is 0 Å². The zero-order valence-electron chi connectivity index (χ0n) is 17.4. The molecule has 2 unspecified atom stereocenters. The summed E-state index contributed by atoms with van der Waals surface area (Å²) in [5.41, 5.74) is 2.81. The molecule has 3 heterocycles. The normalized spacial score (nSPS) is 26.3. The van der Waals surface area contributed by atoms with E-state index in [2.05, 4.69) is 27.0 Å². The molecule has 1 aromatic rings. The smallest absolute Gasteiger partial charge is 0.303 e. The number of aliphatic carboxylic acids is 1. The first-order chi connectivity index (χ1) is 14.0. The van der Waals surface area contributed by atoms with Gasteiger partial charge in [0.25, 0.3) is 5.91 Å². The van der Waals surface area contributed by atoms with E-state index in [-0.39, 0.29) is 18.2 Å². The van der Waals surface area contributed by atoms with Crippen molar-refractivity contribution < 1.29 is 14.7 Å². The Kier molecular flexibility index (Phi) is 6.20. The van der Waals surface area contributed by atoms with Crippen molar-refractivity contribution in [3.05, 3.63) is 17.0 Å². The van der Waals surface area contributed by atoms with Crippen molar-refractivity contribution in [2.45, 2.75) is 51.0 Å². The summed E-state index contributed by atoms with van der Waals surface area (Å²) in [5.74, 6) is -0.546. The van der Waals surface area contributed by atoms with Gasteiger partial charge in [0.15, 0.2) is 5.69 Å².